The van der Waals surface area contributed by atoms with Crippen LogP contribution in [0.3, 0.4) is 0 Å². The van der Waals surface area contributed by atoms with Gasteiger partial charge in [0.2, 0.25) is 10.0 Å². The lowest BCUT2D eigenvalue weighted by atomic mass is 9.95. The summed E-state index contributed by atoms with van der Waals surface area (Å²) in [5.74, 6) is 0.249. The minimum Gasteiger partial charge on any atom is -0.326 e. The maximum Gasteiger partial charge on any atom is 0.213 e. The topological polar surface area (TPSA) is 63.4 Å². The van der Waals surface area contributed by atoms with E-state index >= 15 is 0 Å². The summed E-state index contributed by atoms with van der Waals surface area (Å²) in [6.07, 6.45) is 0. The Balaban J connectivity index is 2.19. The van der Waals surface area contributed by atoms with Crippen LogP contribution in [0.1, 0.15) is 18.4 Å². The van der Waals surface area contributed by atoms with Crippen molar-refractivity contribution in [2.24, 2.45) is 5.73 Å². The molecule has 0 amide bonds. The van der Waals surface area contributed by atoms with E-state index in [4.69, 9.17) is 5.73 Å². The number of sulfonamides is 1. The minimum absolute atomic E-state index is 0.109. The van der Waals surface area contributed by atoms with Crippen LogP contribution in [-0.4, -0.2) is 37.6 Å². The highest BCUT2D eigenvalue weighted by atomic mass is 32.2. The van der Waals surface area contributed by atoms with E-state index < -0.39 is 10.0 Å². The Kier molecular flexibility index (Phi) is 3.51. The van der Waals surface area contributed by atoms with Crippen LogP contribution in [0.4, 0.5) is 0 Å². The van der Waals surface area contributed by atoms with Gasteiger partial charge in [-0.3, -0.25) is 0 Å². The van der Waals surface area contributed by atoms with Crippen molar-refractivity contribution in [3.63, 3.8) is 0 Å². The Bertz CT molecular complexity index is 473. The van der Waals surface area contributed by atoms with Gasteiger partial charge in [0.05, 0.1) is 5.75 Å². The molecule has 0 unspecified atom stereocenters. The first-order valence-electron chi connectivity index (χ1n) is 5.83. The normalized spacial score (nSPS) is 26.2. The molecule has 1 aromatic rings. The Morgan fingerprint density at radius 3 is 2.53 bits per heavy atom. The fourth-order valence-electron chi connectivity index (χ4n) is 2.25. The van der Waals surface area contributed by atoms with Crippen molar-refractivity contribution in [3.05, 3.63) is 35.9 Å². The Morgan fingerprint density at radius 2 is 1.94 bits per heavy atom. The molecule has 0 aliphatic carbocycles. The van der Waals surface area contributed by atoms with Crippen molar-refractivity contribution in [2.75, 3.05) is 18.8 Å². The molecule has 0 aromatic heterocycles. The smallest absolute Gasteiger partial charge is 0.213 e. The number of hydrogen-bond acceptors (Lipinski definition) is 3. The van der Waals surface area contributed by atoms with Crippen molar-refractivity contribution < 1.29 is 8.42 Å². The van der Waals surface area contributed by atoms with Crippen molar-refractivity contribution >= 4 is 10.0 Å². The standard InChI is InChI=1S/C12H18N2O2S/c1-2-17(15,16)14-8-11(12(13)9-14)10-6-4-3-5-7-10/h3-7,11-12H,2,8-9,13H2,1H3/t11-,12+/m1/s1. The largest absolute Gasteiger partial charge is 0.326 e. The zero-order valence-electron chi connectivity index (χ0n) is 9.91. The Hall–Kier alpha value is -0.910. The maximum atomic E-state index is 11.8. The van der Waals surface area contributed by atoms with E-state index in [-0.39, 0.29) is 17.7 Å². The molecule has 4 nitrogen and oxygen atoms in total. The lowest BCUT2D eigenvalue weighted by Crippen LogP contribution is -2.33. The highest BCUT2D eigenvalue weighted by molar-refractivity contribution is 7.89. The van der Waals surface area contributed by atoms with E-state index in [1.54, 1.807) is 6.92 Å². The molecule has 1 heterocycles. The van der Waals surface area contributed by atoms with Crippen LogP contribution in [0, 0.1) is 0 Å². The quantitative estimate of drug-likeness (QED) is 0.866. The lowest BCUT2D eigenvalue weighted by molar-refractivity contribution is 0.471. The van der Waals surface area contributed by atoms with E-state index in [2.05, 4.69) is 0 Å². The number of rotatable bonds is 3. The van der Waals surface area contributed by atoms with Crippen LogP contribution in [0.2, 0.25) is 0 Å². The zero-order chi connectivity index (χ0) is 12.5. The van der Waals surface area contributed by atoms with Crippen LogP contribution in [0.5, 0.6) is 0 Å². The first-order chi connectivity index (χ1) is 8.04. The molecule has 1 aliphatic rings. The summed E-state index contributed by atoms with van der Waals surface area (Å²) >= 11 is 0. The summed E-state index contributed by atoms with van der Waals surface area (Å²) in [7, 11) is -3.12. The van der Waals surface area contributed by atoms with Gasteiger partial charge in [0.25, 0.3) is 0 Å². The van der Waals surface area contributed by atoms with Crippen molar-refractivity contribution in [3.8, 4) is 0 Å². The Morgan fingerprint density at radius 1 is 1.29 bits per heavy atom. The summed E-state index contributed by atoms with van der Waals surface area (Å²) < 4.78 is 25.1. The molecule has 17 heavy (non-hydrogen) atoms. The predicted octanol–water partition coefficient (Wildman–Crippen LogP) is 0.763. The van der Waals surface area contributed by atoms with Crippen molar-refractivity contribution in [1.29, 1.82) is 0 Å². The second-order valence-corrected chi connectivity index (χ2v) is 6.66. The molecular formula is C12H18N2O2S. The van der Waals surface area contributed by atoms with E-state index in [1.165, 1.54) is 4.31 Å². The van der Waals surface area contributed by atoms with Crippen LogP contribution < -0.4 is 5.73 Å². The SMILES string of the molecule is CCS(=O)(=O)N1C[C@H](c2ccccc2)[C@@H](N)C1. The molecule has 1 aliphatic heterocycles. The van der Waals surface area contributed by atoms with Crippen molar-refractivity contribution in [2.45, 2.75) is 18.9 Å². The molecule has 94 valence electrons. The molecule has 2 rings (SSSR count). The highest BCUT2D eigenvalue weighted by Crippen LogP contribution is 2.27. The van der Waals surface area contributed by atoms with Gasteiger partial charge in [-0.15, -0.1) is 0 Å². The van der Waals surface area contributed by atoms with Crippen LogP contribution in [0.25, 0.3) is 0 Å². The number of nitrogens with two attached hydrogens (primary N) is 1. The first kappa shape index (κ1) is 12.5. The zero-order valence-corrected chi connectivity index (χ0v) is 10.7. The van der Waals surface area contributed by atoms with Gasteiger partial charge in [-0.25, -0.2) is 8.42 Å². The summed E-state index contributed by atoms with van der Waals surface area (Å²) in [6, 6.07) is 9.76. The number of hydrogen-bond donors (Lipinski definition) is 1. The Labute approximate surface area is 102 Å². The van der Waals surface area contributed by atoms with Gasteiger partial charge in [0, 0.05) is 25.0 Å². The lowest BCUT2D eigenvalue weighted by Gasteiger charge is -2.15. The molecule has 0 bridgehead atoms. The second kappa shape index (κ2) is 4.76. The van der Waals surface area contributed by atoms with E-state index in [0.29, 0.717) is 13.1 Å². The monoisotopic (exact) mass is 254 g/mol. The van der Waals surface area contributed by atoms with E-state index in [9.17, 15) is 8.42 Å². The van der Waals surface area contributed by atoms with Gasteiger partial charge < -0.3 is 5.73 Å². The fraction of sp³-hybridized carbons (Fsp3) is 0.500. The maximum absolute atomic E-state index is 11.8. The van der Waals surface area contributed by atoms with Gasteiger partial charge in [0.15, 0.2) is 0 Å². The second-order valence-electron chi connectivity index (χ2n) is 4.40. The fourth-order valence-corrected chi connectivity index (χ4v) is 3.41. The molecule has 0 saturated carbocycles. The molecule has 0 radical (unpaired) electrons. The van der Waals surface area contributed by atoms with Gasteiger partial charge >= 0.3 is 0 Å². The summed E-state index contributed by atoms with van der Waals surface area (Å²) in [5.41, 5.74) is 7.17. The molecule has 0 spiro atoms. The summed E-state index contributed by atoms with van der Waals surface area (Å²) in [5, 5.41) is 0. The highest BCUT2D eigenvalue weighted by Gasteiger charge is 2.36. The molecule has 2 N–H and O–H groups in total. The molecular weight excluding hydrogens is 236 g/mol. The van der Waals surface area contributed by atoms with Crippen molar-refractivity contribution in [1.82, 2.24) is 4.31 Å². The third-order valence-corrected chi connectivity index (χ3v) is 5.13. The van der Waals surface area contributed by atoms with E-state index in [1.807, 2.05) is 30.3 Å². The van der Waals surface area contributed by atoms with Crippen LogP contribution >= 0.6 is 0 Å². The molecule has 2 atom stereocenters. The van der Waals surface area contributed by atoms with Crippen LogP contribution in [-0.2, 0) is 10.0 Å². The minimum atomic E-state index is -3.12. The third kappa shape index (κ3) is 2.51. The average molecular weight is 254 g/mol. The predicted molar refractivity (Wildman–Crippen MR) is 68.2 cm³/mol. The average Bonchev–Trinajstić information content (AvgIpc) is 2.73. The molecule has 5 heteroatoms. The molecule has 1 aromatic carbocycles. The summed E-state index contributed by atoms with van der Waals surface area (Å²) in [6.45, 7) is 2.59. The molecule has 1 fully saturated rings. The van der Waals surface area contributed by atoms with E-state index in [0.717, 1.165) is 5.56 Å². The van der Waals surface area contributed by atoms with Gasteiger partial charge in [-0.1, -0.05) is 30.3 Å². The van der Waals surface area contributed by atoms with Gasteiger partial charge in [-0.2, -0.15) is 4.31 Å². The van der Waals surface area contributed by atoms with Gasteiger partial charge in [-0.05, 0) is 12.5 Å². The van der Waals surface area contributed by atoms with Gasteiger partial charge in [0.1, 0.15) is 0 Å². The number of nitrogens with zero attached hydrogens (tertiary/aromatic N) is 1. The molecule has 1 saturated heterocycles. The first-order valence-corrected chi connectivity index (χ1v) is 7.44. The number of benzene rings is 1. The third-order valence-electron chi connectivity index (χ3n) is 3.32. The van der Waals surface area contributed by atoms with Crippen LogP contribution in [0.15, 0.2) is 30.3 Å². The summed E-state index contributed by atoms with van der Waals surface area (Å²) in [4.78, 5) is 0.